The maximum Gasteiger partial charge on any atom is 0.0909 e. The average molecular weight is 216 g/mol. The highest BCUT2D eigenvalue weighted by atomic mass is 16.5. The summed E-state index contributed by atoms with van der Waals surface area (Å²) in [4.78, 5) is 0. The minimum atomic E-state index is -0.346. The van der Waals surface area contributed by atoms with Gasteiger partial charge in [-0.15, -0.1) is 0 Å². The van der Waals surface area contributed by atoms with E-state index in [9.17, 15) is 5.11 Å². The van der Waals surface area contributed by atoms with Gasteiger partial charge in [0.15, 0.2) is 0 Å². The van der Waals surface area contributed by atoms with Crippen molar-refractivity contribution in [3.63, 3.8) is 0 Å². The van der Waals surface area contributed by atoms with Crippen molar-refractivity contribution in [3.8, 4) is 0 Å². The number of ether oxygens (including phenoxy) is 1. The van der Waals surface area contributed by atoms with Crippen LogP contribution in [0.5, 0.6) is 0 Å². The molecule has 0 aromatic carbocycles. The molecule has 2 heteroatoms. The lowest BCUT2D eigenvalue weighted by Crippen LogP contribution is -2.41. The van der Waals surface area contributed by atoms with E-state index < -0.39 is 0 Å². The quantitative estimate of drug-likeness (QED) is 0.597. The number of rotatable bonds is 9. The Hall–Kier alpha value is -0.0800. The molecule has 0 aliphatic heterocycles. The topological polar surface area (TPSA) is 29.5 Å². The second-order valence-electron chi connectivity index (χ2n) is 4.46. The van der Waals surface area contributed by atoms with E-state index in [0.29, 0.717) is 6.61 Å². The molecule has 0 rings (SSSR count). The van der Waals surface area contributed by atoms with Gasteiger partial charge in [0.05, 0.1) is 11.7 Å². The number of unbranched alkanes of at least 4 members (excludes halogenated alkanes) is 3. The SMILES string of the molecule is CCCCCCC(O)C(C)(CC)OCC. The lowest BCUT2D eigenvalue weighted by atomic mass is 9.91. The van der Waals surface area contributed by atoms with Crippen molar-refractivity contribution < 1.29 is 9.84 Å². The third-order valence-corrected chi connectivity index (χ3v) is 3.21. The molecule has 0 saturated carbocycles. The zero-order chi connectivity index (χ0) is 11.7. The number of aliphatic hydroxyl groups excluding tert-OH is 1. The van der Waals surface area contributed by atoms with Crippen molar-refractivity contribution in [1.29, 1.82) is 0 Å². The van der Waals surface area contributed by atoms with E-state index in [4.69, 9.17) is 4.74 Å². The Morgan fingerprint density at radius 2 is 1.80 bits per heavy atom. The van der Waals surface area contributed by atoms with E-state index in [1.165, 1.54) is 19.3 Å². The van der Waals surface area contributed by atoms with Crippen LogP contribution in [0.1, 0.15) is 66.2 Å². The van der Waals surface area contributed by atoms with E-state index >= 15 is 0 Å². The van der Waals surface area contributed by atoms with Gasteiger partial charge in [-0.05, 0) is 26.7 Å². The second kappa shape index (κ2) is 8.12. The summed E-state index contributed by atoms with van der Waals surface area (Å²) >= 11 is 0. The Morgan fingerprint density at radius 1 is 1.13 bits per heavy atom. The van der Waals surface area contributed by atoms with Gasteiger partial charge in [-0.25, -0.2) is 0 Å². The zero-order valence-electron chi connectivity index (χ0n) is 10.9. The Balaban J connectivity index is 3.87. The summed E-state index contributed by atoms with van der Waals surface area (Å²) in [5.74, 6) is 0. The molecule has 0 spiro atoms. The molecule has 92 valence electrons. The predicted molar refractivity (Wildman–Crippen MR) is 65.1 cm³/mol. The summed E-state index contributed by atoms with van der Waals surface area (Å²) in [6, 6.07) is 0. The van der Waals surface area contributed by atoms with Crippen LogP contribution in [0.2, 0.25) is 0 Å². The Morgan fingerprint density at radius 3 is 2.27 bits per heavy atom. The van der Waals surface area contributed by atoms with Gasteiger partial charge >= 0.3 is 0 Å². The number of aliphatic hydroxyl groups is 1. The highest BCUT2D eigenvalue weighted by Gasteiger charge is 2.30. The Kier molecular flexibility index (Phi) is 8.07. The largest absolute Gasteiger partial charge is 0.390 e. The standard InChI is InChI=1S/C13H28O2/c1-5-8-9-10-11-12(14)13(4,6-2)15-7-3/h12,14H,5-11H2,1-4H3. The molecular formula is C13H28O2. The van der Waals surface area contributed by atoms with Crippen LogP contribution in [0.4, 0.5) is 0 Å². The van der Waals surface area contributed by atoms with Crippen LogP contribution < -0.4 is 0 Å². The van der Waals surface area contributed by atoms with Gasteiger partial charge in [0.25, 0.3) is 0 Å². The van der Waals surface area contributed by atoms with Gasteiger partial charge in [0, 0.05) is 6.61 Å². The fourth-order valence-electron chi connectivity index (χ4n) is 1.83. The summed E-state index contributed by atoms with van der Waals surface area (Å²) in [6.07, 6.45) is 6.26. The number of hydrogen-bond acceptors (Lipinski definition) is 2. The Labute approximate surface area is 95.0 Å². The van der Waals surface area contributed by atoms with Crippen molar-refractivity contribution in [1.82, 2.24) is 0 Å². The van der Waals surface area contributed by atoms with Crippen LogP contribution in [-0.4, -0.2) is 23.4 Å². The smallest absolute Gasteiger partial charge is 0.0909 e. The first-order chi connectivity index (χ1) is 7.10. The van der Waals surface area contributed by atoms with E-state index in [0.717, 1.165) is 19.3 Å². The van der Waals surface area contributed by atoms with Crippen LogP contribution >= 0.6 is 0 Å². The van der Waals surface area contributed by atoms with Crippen LogP contribution in [0.15, 0.2) is 0 Å². The second-order valence-corrected chi connectivity index (χ2v) is 4.46. The van der Waals surface area contributed by atoms with Gasteiger partial charge in [-0.2, -0.15) is 0 Å². The van der Waals surface area contributed by atoms with E-state index in [2.05, 4.69) is 13.8 Å². The molecule has 0 fully saturated rings. The molecule has 0 aromatic rings. The molecule has 15 heavy (non-hydrogen) atoms. The molecule has 0 aliphatic carbocycles. The van der Waals surface area contributed by atoms with Crippen molar-refractivity contribution in [3.05, 3.63) is 0 Å². The summed E-state index contributed by atoms with van der Waals surface area (Å²) in [5, 5.41) is 10.1. The summed E-state index contributed by atoms with van der Waals surface area (Å²) in [7, 11) is 0. The van der Waals surface area contributed by atoms with Crippen molar-refractivity contribution in [2.45, 2.75) is 77.9 Å². The molecule has 1 N–H and O–H groups in total. The monoisotopic (exact) mass is 216 g/mol. The number of hydrogen-bond donors (Lipinski definition) is 1. The molecule has 0 aliphatic rings. The fraction of sp³-hybridized carbons (Fsp3) is 1.00. The highest BCUT2D eigenvalue weighted by molar-refractivity contribution is 4.82. The molecule has 0 heterocycles. The van der Waals surface area contributed by atoms with Crippen LogP contribution in [0.25, 0.3) is 0 Å². The van der Waals surface area contributed by atoms with Gasteiger partial charge < -0.3 is 9.84 Å². The zero-order valence-corrected chi connectivity index (χ0v) is 10.9. The van der Waals surface area contributed by atoms with Crippen LogP contribution in [0, 0.1) is 0 Å². The van der Waals surface area contributed by atoms with E-state index in [1.54, 1.807) is 0 Å². The summed E-state index contributed by atoms with van der Waals surface area (Å²) in [6.45, 7) is 8.95. The molecule has 0 saturated heterocycles. The molecule has 0 bridgehead atoms. The minimum absolute atomic E-state index is 0.320. The molecule has 0 aromatic heterocycles. The molecule has 0 amide bonds. The third-order valence-electron chi connectivity index (χ3n) is 3.21. The van der Waals surface area contributed by atoms with E-state index in [-0.39, 0.29) is 11.7 Å². The van der Waals surface area contributed by atoms with Crippen molar-refractivity contribution >= 4 is 0 Å². The molecule has 0 radical (unpaired) electrons. The first-order valence-corrected chi connectivity index (χ1v) is 6.42. The van der Waals surface area contributed by atoms with Gasteiger partial charge in [-0.3, -0.25) is 0 Å². The van der Waals surface area contributed by atoms with Gasteiger partial charge in [0.2, 0.25) is 0 Å². The maximum atomic E-state index is 10.1. The first-order valence-electron chi connectivity index (χ1n) is 6.42. The van der Waals surface area contributed by atoms with Gasteiger partial charge in [0.1, 0.15) is 0 Å². The lowest BCUT2D eigenvalue weighted by Gasteiger charge is -2.33. The van der Waals surface area contributed by atoms with E-state index in [1.807, 2.05) is 13.8 Å². The maximum absolute atomic E-state index is 10.1. The van der Waals surface area contributed by atoms with Crippen molar-refractivity contribution in [2.75, 3.05) is 6.61 Å². The lowest BCUT2D eigenvalue weighted by molar-refractivity contribution is -0.113. The Bertz CT molecular complexity index is 147. The highest BCUT2D eigenvalue weighted by Crippen LogP contribution is 2.24. The fourth-order valence-corrected chi connectivity index (χ4v) is 1.83. The predicted octanol–water partition coefficient (Wildman–Crippen LogP) is 3.52. The molecule has 2 nitrogen and oxygen atoms in total. The summed E-state index contributed by atoms with van der Waals surface area (Å²) < 4.78 is 5.65. The van der Waals surface area contributed by atoms with Crippen LogP contribution in [0.3, 0.4) is 0 Å². The third kappa shape index (κ3) is 5.53. The first kappa shape index (κ1) is 14.9. The minimum Gasteiger partial charge on any atom is -0.390 e. The normalized spacial score (nSPS) is 17.4. The average Bonchev–Trinajstić information content (AvgIpc) is 2.24. The van der Waals surface area contributed by atoms with Crippen LogP contribution in [-0.2, 0) is 4.74 Å². The van der Waals surface area contributed by atoms with Crippen molar-refractivity contribution in [2.24, 2.45) is 0 Å². The summed E-state index contributed by atoms with van der Waals surface area (Å²) in [5.41, 5.74) is -0.346. The van der Waals surface area contributed by atoms with Gasteiger partial charge in [-0.1, -0.05) is 39.5 Å². The molecular weight excluding hydrogens is 188 g/mol. The molecule has 2 unspecified atom stereocenters. The molecule has 2 atom stereocenters.